The molecule has 2 aromatic heterocycles. The molecule has 0 fully saturated rings. The van der Waals surface area contributed by atoms with Crippen molar-refractivity contribution < 1.29 is 23.8 Å². The number of nitrogens with one attached hydrogen (secondary N) is 1. The highest BCUT2D eigenvalue weighted by atomic mass is 19.1. The number of aliphatic hydroxyl groups is 1. The second kappa shape index (κ2) is 11.9. The van der Waals surface area contributed by atoms with Crippen molar-refractivity contribution in [3.8, 4) is 22.9 Å². The van der Waals surface area contributed by atoms with Gasteiger partial charge in [0.15, 0.2) is 11.6 Å². The predicted molar refractivity (Wildman–Crippen MR) is 158 cm³/mol. The number of ether oxygens (including phenoxy) is 2. The van der Waals surface area contributed by atoms with E-state index in [-0.39, 0.29) is 29.5 Å². The Kier molecular flexibility index (Phi) is 8.08. The molecule has 10 heteroatoms. The first-order chi connectivity index (χ1) is 20.2. The van der Waals surface area contributed by atoms with Crippen LogP contribution in [0.3, 0.4) is 0 Å². The van der Waals surface area contributed by atoms with Crippen LogP contribution in [-0.4, -0.2) is 38.6 Å². The molecule has 0 unspecified atom stereocenters. The molecular formula is C32H31FN4O5. The van der Waals surface area contributed by atoms with Crippen LogP contribution in [0.1, 0.15) is 29.9 Å². The van der Waals surface area contributed by atoms with Gasteiger partial charge in [-0.15, -0.1) is 0 Å². The second-order valence-corrected chi connectivity index (χ2v) is 10.2. The van der Waals surface area contributed by atoms with E-state index in [1.54, 1.807) is 73.4 Å². The standard InChI is InChI=1S/C32H31FN4O5/c1-19(2)27(38)18-36-20(3)30(32(40)37(36)22-8-6-5-7-9-22)31(39)35-21-10-13-29(25(33)16-21)42-28-14-15-34-26-17-23(41-4)11-12-24(26)28/h5-17,19,27,38H,18H2,1-4H3,(H,35,39)/t27-/m0/s1. The van der Waals surface area contributed by atoms with E-state index in [0.717, 1.165) is 6.07 Å². The lowest BCUT2D eigenvalue weighted by atomic mass is 10.1. The zero-order chi connectivity index (χ0) is 30.0. The van der Waals surface area contributed by atoms with Crippen LogP contribution in [0.5, 0.6) is 17.2 Å². The number of benzene rings is 3. The summed E-state index contributed by atoms with van der Waals surface area (Å²) >= 11 is 0. The number of pyridine rings is 1. The summed E-state index contributed by atoms with van der Waals surface area (Å²) in [5.41, 5.74) is 1.05. The van der Waals surface area contributed by atoms with Gasteiger partial charge in [0.1, 0.15) is 17.1 Å². The number of halogens is 1. The van der Waals surface area contributed by atoms with E-state index in [2.05, 4.69) is 10.3 Å². The minimum atomic E-state index is -0.748. The molecule has 42 heavy (non-hydrogen) atoms. The van der Waals surface area contributed by atoms with Crippen LogP contribution in [-0.2, 0) is 6.54 Å². The maximum absolute atomic E-state index is 15.2. The monoisotopic (exact) mass is 570 g/mol. The highest BCUT2D eigenvalue weighted by Gasteiger charge is 2.26. The van der Waals surface area contributed by atoms with Crippen LogP contribution in [0.4, 0.5) is 10.1 Å². The summed E-state index contributed by atoms with van der Waals surface area (Å²) in [6.45, 7) is 5.50. The van der Waals surface area contributed by atoms with Gasteiger partial charge < -0.3 is 19.9 Å². The zero-order valence-electron chi connectivity index (χ0n) is 23.7. The van der Waals surface area contributed by atoms with Crippen LogP contribution < -0.4 is 20.3 Å². The number of hydrogen-bond acceptors (Lipinski definition) is 6. The third-order valence-corrected chi connectivity index (χ3v) is 7.07. The molecule has 3 aromatic carbocycles. The van der Waals surface area contributed by atoms with Crippen LogP contribution in [0.25, 0.3) is 16.6 Å². The smallest absolute Gasteiger partial charge is 0.284 e. The largest absolute Gasteiger partial charge is 0.497 e. The van der Waals surface area contributed by atoms with Gasteiger partial charge in [-0.2, -0.15) is 0 Å². The van der Waals surface area contributed by atoms with Gasteiger partial charge in [0.2, 0.25) is 0 Å². The Morgan fingerprint density at radius 3 is 2.50 bits per heavy atom. The summed E-state index contributed by atoms with van der Waals surface area (Å²) in [6.07, 6.45) is 0.808. The molecule has 0 radical (unpaired) electrons. The molecule has 0 saturated carbocycles. The van der Waals surface area contributed by atoms with Gasteiger partial charge in [0.05, 0.1) is 36.7 Å². The minimum Gasteiger partial charge on any atom is -0.497 e. The fraction of sp³-hybridized carbons (Fsp3) is 0.219. The summed E-state index contributed by atoms with van der Waals surface area (Å²) < 4.78 is 29.2. The Morgan fingerprint density at radius 1 is 1.05 bits per heavy atom. The van der Waals surface area contributed by atoms with E-state index in [4.69, 9.17) is 9.47 Å². The van der Waals surface area contributed by atoms with Crippen molar-refractivity contribution >= 4 is 22.5 Å². The van der Waals surface area contributed by atoms with E-state index in [1.807, 2.05) is 19.9 Å². The Balaban J connectivity index is 1.43. The van der Waals surface area contributed by atoms with Crippen molar-refractivity contribution in [1.82, 2.24) is 14.3 Å². The lowest BCUT2D eigenvalue weighted by Gasteiger charge is -2.19. The number of carbonyl (C=O) groups excluding carboxylic acids is 1. The number of rotatable bonds is 9. The number of carbonyl (C=O) groups is 1. The predicted octanol–water partition coefficient (Wildman–Crippen LogP) is 5.70. The first kappa shape index (κ1) is 28.6. The van der Waals surface area contributed by atoms with Gasteiger partial charge in [-0.05, 0) is 55.3 Å². The van der Waals surface area contributed by atoms with Gasteiger partial charge in [0, 0.05) is 29.4 Å². The van der Waals surface area contributed by atoms with Crippen molar-refractivity contribution in [2.24, 2.45) is 5.92 Å². The molecule has 0 aliphatic carbocycles. The molecule has 2 N–H and O–H groups in total. The number of nitrogens with zero attached hydrogens (tertiary/aromatic N) is 3. The molecule has 9 nitrogen and oxygen atoms in total. The van der Waals surface area contributed by atoms with Crippen molar-refractivity contribution in [2.45, 2.75) is 33.4 Å². The van der Waals surface area contributed by atoms with Crippen molar-refractivity contribution in [2.75, 3.05) is 12.4 Å². The SMILES string of the molecule is COc1ccc2c(Oc3ccc(NC(=O)c4c(C)n(C[C@H](O)C(C)C)n(-c5ccccc5)c4=O)cc3F)ccnc2c1. The number of anilines is 1. The lowest BCUT2D eigenvalue weighted by molar-refractivity contribution is 0.0987. The van der Waals surface area contributed by atoms with Gasteiger partial charge in [-0.3, -0.25) is 19.3 Å². The third-order valence-electron chi connectivity index (χ3n) is 7.07. The molecule has 0 spiro atoms. The molecule has 5 rings (SSSR count). The number of aromatic nitrogens is 3. The number of aliphatic hydroxyl groups excluding tert-OH is 1. The minimum absolute atomic E-state index is 0.0484. The number of hydrogen-bond donors (Lipinski definition) is 2. The fourth-order valence-electron chi connectivity index (χ4n) is 4.63. The van der Waals surface area contributed by atoms with Gasteiger partial charge in [-0.25, -0.2) is 9.07 Å². The quantitative estimate of drug-likeness (QED) is 0.235. The Labute approximate surface area is 241 Å². The number of para-hydroxylation sites is 1. The molecule has 0 bridgehead atoms. The van der Waals surface area contributed by atoms with Crippen molar-refractivity contribution in [3.63, 3.8) is 0 Å². The van der Waals surface area contributed by atoms with Gasteiger partial charge in [0.25, 0.3) is 11.5 Å². The highest BCUT2D eigenvalue weighted by Crippen LogP contribution is 2.33. The number of fused-ring (bicyclic) bond motifs is 1. The molecule has 1 amide bonds. The molecule has 0 saturated heterocycles. The van der Waals surface area contributed by atoms with Crippen LogP contribution in [0.2, 0.25) is 0 Å². The van der Waals surface area contributed by atoms with Gasteiger partial charge >= 0.3 is 0 Å². The normalized spacial score (nSPS) is 12.0. The zero-order valence-corrected chi connectivity index (χ0v) is 23.7. The van der Waals surface area contributed by atoms with E-state index in [1.165, 1.54) is 16.8 Å². The van der Waals surface area contributed by atoms with Crippen LogP contribution in [0.15, 0.2) is 83.8 Å². The average Bonchev–Trinajstić information content (AvgIpc) is 3.23. The summed E-state index contributed by atoms with van der Waals surface area (Å²) in [4.78, 5) is 31.3. The highest BCUT2D eigenvalue weighted by molar-refractivity contribution is 6.05. The second-order valence-electron chi connectivity index (χ2n) is 10.2. The topological polar surface area (TPSA) is 108 Å². The van der Waals surface area contributed by atoms with E-state index >= 15 is 4.39 Å². The van der Waals surface area contributed by atoms with Crippen LogP contribution in [0, 0.1) is 18.7 Å². The third kappa shape index (κ3) is 5.61. The Morgan fingerprint density at radius 2 is 1.81 bits per heavy atom. The molecule has 0 aliphatic rings. The van der Waals surface area contributed by atoms with Gasteiger partial charge in [-0.1, -0.05) is 32.0 Å². The van der Waals surface area contributed by atoms with E-state index in [0.29, 0.717) is 33.8 Å². The first-order valence-corrected chi connectivity index (χ1v) is 13.4. The summed E-state index contributed by atoms with van der Waals surface area (Å²) in [5, 5.41) is 13.9. The Hall–Kier alpha value is -4.96. The summed E-state index contributed by atoms with van der Waals surface area (Å²) in [7, 11) is 1.56. The van der Waals surface area contributed by atoms with Crippen molar-refractivity contribution in [3.05, 3.63) is 106 Å². The number of amides is 1. The average molecular weight is 571 g/mol. The fourth-order valence-corrected chi connectivity index (χ4v) is 4.63. The van der Waals surface area contributed by atoms with Crippen molar-refractivity contribution in [1.29, 1.82) is 0 Å². The summed E-state index contributed by atoms with van der Waals surface area (Å²) in [6, 6.07) is 19.8. The number of methoxy groups -OCH3 is 1. The Bertz CT molecular complexity index is 1810. The molecule has 2 heterocycles. The molecular weight excluding hydrogens is 539 g/mol. The molecule has 0 aliphatic heterocycles. The van der Waals surface area contributed by atoms with Crippen LogP contribution >= 0.6 is 0 Å². The van der Waals surface area contributed by atoms with E-state index < -0.39 is 23.4 Å². The molecule has 216 valence electrons. The lowest BCUT2D eigenvalue weighted by Crippen LogP contribution is -2.29. The summed E-state index contributed by atoms with van der Waals surface area (Å²) in [5.74, 6) is -0.478. The molecule has 1 atom stereocenters. The van der Waals surface area contributed by atoms with E-state index in [9.17, 15) is 14.7 Å². The maximum atomic E-state index is 15.2. The maximum Gasteiger partial charge on any atom is 0.284 e. The first-order valence-electron chi connectivity index (χ1n) is 13.4. The molecule has 5 aromatic rings.